The van der Waals surface area contributed by atoms with Crippen LogP contribution in [0.3, 0.4) is 0 Å². The molecule has 0 amide bonds. The first-order chi connectivity index (χ1) is 7.89. The molecule has 0 aromatic carbocycles. The molecule has 4 nitrogen and oxygen atoms in total. The van der Waals surface area contributed by atoms with Gasteiger partial charge in [0.2, 0.25) is 5.12 Å². The summed E-state index contributed by atoms with van der Waals surface area (Å²) in [6, 6.07) is 0. The summed E-state index contributed by atoms with van der Waals surface area (Å²) in [4.78, 5) is 11.2. The van der Waals surface area contributed by atoms with Gasteiger partial charge in [-0.25, -0.2) is 0 Å². The molecule has 0 spiro atoms. The minimum atomic E-state index is -3.43. The Hall–Kier alpha value is 0.0200. The van der Waals surface area contributed by atoms with E-state index in [2.05, 4.69) is 6.58 Å². The van der Waals surface area contributed by atoms with Gasteiger partial charge in [0, 0.05) is 11.5 Å². The molecule has 0 aromatic heterocycles. The van der Waals surface area contributed by atoms with Crippen LogP contribution in [-0.2, 0) is 19.1 Å². The molecule has 7 heteroatoms. The maximum atomic E-state index is 11.3. The predicted octanol–water partition coefficient (Wildman–Crippen LogP) is 1.92. The minimum absolute atomic E-state index is 0.0438. The molecular formula is C10H18O4S3. The number of carbonyl (C=O) groups excluding carboxylic acids is 1. The monoisotopic (exact) mass is 298 g/mol. The van der Waals surface area contributed by atoms with E-state index >= 15 is 0 Å². The van der Waals surface area contributed by atoms with E-state index in [1.807, 2.05) is 6.26 Å². The molecule has 0 N–H and O–H groups in total. The van der Waals surface area contributed by atoms with Crippen LogP contribution < -0.4 is 0 Å². The van der Waals surface area contributed by atoms with Gasteiger partial charge in [-0.05, 0) is 25.2 Å². The molecule has 0 aliphatic heterocycles. The first-order valence-corrected chi connectivity index (χ1v) is 9.03. The minimum Gasteiger partial charge on any atom is -0.282 e. The number of carbonyl (C=O) groups is 1. The molecule has 0 heterocycles. The molecule has 0 rings (SSSR count). The summed E-state index contributed by atoms with van der Waals surface area (Å²) < 4.78 is 27.4. The smallest absolute Gasteiger partial charge is 0.267 e. The summed E-state index contributed by atoms with van der Waals surface area (Å²) >= 11 is 2.62. The highest BCUT2D eigenvalue weighted by Crippen LogP contribution is 2.11. The van der Waals surface area contributed by atoms with Crippen molar-refractivity contribution in [3.63, 3.8) is 0 Å². The average molecular weight is 298 g/mol. The topological polar surface area (TPSA) is 60.4 Å². The molecule has 0 saturated carbocycles. The lowest BCUT2D eigenvalue weighted by atomic mass is 10.4. The SMILES string of the molecule is C=C(C)C(=O)SCCCS(=O)(=O)OCCSC. The molecule has 0 saturated heterocycles. The van der Waals surface area contributed by atoms with Crippen molar-refractivity contribution in [3.8, 4) is 0 Å². The third-order valence-corrected chi connectivity index (χ3v) is 4.66. The van der Waals surface area contributed by atoms with Crippen molar-refractivity contribution in [2.24, 2.45) is 0 Å². The van der Waals surface area contributed by atoms with Crippen LogP contribution in [0.25, 0.3) is 0 Å². The van der Waals surface area contributed by atoms with Crippen molar-refractivity contribution in [3.05, 3.63) is 12.2 Å². The van der Waals surface area contributed by atoms with Crippen LogP contribution in [-0.4, -0.2) is 43.7 Å². The van der Waals surface area contributed by atoms with Gasteiger partial charge in [0.15, 0.2) is 0 Å². The van der Waals surface area contributed by atoms with E-state index in [1.54, 1.807) is 6.92 Å². The summed E-state index contributed by atoms with van der Waals surface area (Å²) in [6.07, 6.45) is 2.29. The Balaban J connectivity index is 3.73. The molecule has 0 bridgehead atoms. The molecule has 0 aliphatic carbocycles. The van der Waals surface area contributed by atoms with Crippen LogP contribution in [0.5, 0.6) is 0 Å². The first-order valence-electron chi connectivity index (χ1n) is 5.07. The Bertz CT molecular complexity index is 349. The van der Waals surface area contributed by atoms with Gasteiger partial charge >= 0.3 is 0 Å². The van der Waals surface area contributed by atoms with Crippen molar-refractivity contribution in [1.29, 1.82) is 0 Å². The average Bonchev–Trinajstić information content (AvgIpc) is 2.24. The Morgan fingerprint density at radius 2 is 2.00 bits per heavy atom. The molecule has 0 unspecified atom stereocenters. The van der Waals surface area contributed by atoms with Crippen molar-refractivity contribution in [2.75, 3.05) is 30.1 Å². The third-order valence-electron chi connectivity index (χ3n) is 1.67. The van der Waals surface area contributed by atoms with E-state index < -0.39 is 10.1 Å². The number of rotatable bonds is 9. The molecule has 0 fully saturated rings. The van der Waals surface area contributed by atoms with Gasteiger partial charge in [-0.15, -0.1) is 0 Å². The second-order valence-electron chi connectivity index (χ2n) is 3.35. The van der Waals surface area contributed by atoms with Gasteiger partial charge < -0.3 is 0 Å². The highest BCUT2D eigenvalue weighted by atomic mass is 32.2. The van der Waals surface area contributed by atoms with Gasteiger partial charge in [-0.1, -0.05) is 18.3 Å². The van der Waals surface area contributed by atoms with E-state index in [0.29, 0.717) is 23.5 Å². The summed E-state index contributed by atoms with van der Waals surface area (Å²) in [5.74, 6) is 1.08. The van der Waals surface area contributed by atoms with Gasteiger partial charge in [0.05, 0.1) is 12.4 Å². The Labute approximate surface area is 112 Å². The van der Waals surface area contributed by atoms with Crippen LogP contribution in [0.1, 0.15) is 13.3 Å². The predicted molar refractivity (Wildman–Crippen MR) is 75.0 cm³/mol. The van der Waals surface area contributed by atoms with Gasteiger partial charge in [0.1, 0.15) is 0 Å². The van der Waals surface area contributed by atoms with Crippen LogP contribution in [0.4, 0.5) is 0 Å². The molecule has 0 atom stereocenters. The van der Waals surface area contributed by atoms with E-state index in [-0.39, 0.29) is 17.5 Å². The fourth-order valence-corrected chi connectivity index (χ4v) is 3.04. The van der Waals surface area contributed by atoms with E-state index in [1.165, 1.54) is 11.8 Å². The largest absolute Gasteiger partial charge is 0.282 e. The highest BCUT2D eigenvalue weighted by Gasteiger charge is 2.11. The van der Waals surface area contributed by atoms with Crippen LogP contribution >= 0.6 is 23.5 Å². The van der Waals surface area contributed by atoms with Crippen molar-refractivity contribution in [2.45, 2.75) is 13.3 Å². The van der Waals surface area contributed by atoms with Gasteiger partial charge in [0.25, 0.3) is 10.1 Å². The lowest BCUT2D eigenvalue weighted by Crippen LogP contribution is -2.13. The Kier molecular flexibility index (Phi) is 9.03. The standard InChI is InChI=1S/C10H18O4S3/c1-9(2)10(11)16-6-4-8-17(12,13)14-5-7-15-3/h1,4-8H2,2-3H3. The zero-order chi connectivity index (χ0) is 13.3. The fourth-order valence-electron chi connectivity index (χ4n) is 0.827. The van der Waals surface area contributed by atoms with Gasteiger partial charge in [-0.3, -0.25) is 8.98 Å². The summed E-state index contributed by atoms with van der Waals surface area (Å²) in [5.41, 5.74) is 0.481. The lowest BCUT2D eigenvalue weighted by molar-refractivity contribution is -0.107. The zero-order valence-electron chi connectivity index (χ0n) is 10.1. The molecule has 0 radical (unpaired) electrons. The number of hydrogen-bond donors (Lipinski definition) is 0. The fraction of sp³-hybridized carbons (Fsp3) is 0.700. The first kappa shape index (κ1) is 17.0. The highest BCUT2D eigenvalue weighted by molar-refractivity contribution is 8.14. The van der Waals surface area contributed by atoms with Crippen LogP contribution in [0.15, 0.2) is 12.2 Å². The summed E-state index contributed by atoms with van der Waals surface area (Å²) in [5, 5.41) is -0.0919. The second-order valence-corrected chi connectivity index (χ2v) is 7.16. The quantitative estimate of drug-likeness (QED) is 0.368. The second kappa shape index (κ2) is 9.02. The summed E-state index contributed by atoms with van der Waals surface area (Å²) in [7, 11) is -3.43. The van der Waals surface area contributed by atoms with Crippen molar-refractivity contribution >= 4 is 38.8 Å². The van der Waals surface area contributed by atoms with Crippen molar-refractivity contribution in [1.82, 2.24) is 0 Å². The number of hydrogen-bond acceptors (Lipinski definition) is 6. The Morgan fingerprint density at radius 3 is 2.53 bits per heavy atom. The van der Waals surface area contributed by atoms with Crippen molar-refractivity contribution < 1.29 is 17.4 Å². The van der Waals surface area contributed by atoms with Crippen LogP contribution in [0, 0.1) is 0 Å². The van der Waals surface area contributed by atoms with E-state index in [9.17, 15) is 13.2 Å². The number of thioether (sulfide) groups is 2. The Morgan fingerprint density at radius 1 is 1.35 bits per heavy atom. The maximum Gasteiger partial charge on any atom is 0.267 e. The molecule has 0 aliphatic rings. The van der Waals surface area contributed by atoms with Crippen LogP contribution in [0.2, 0.25) is 0 Å². The van der Waals surface area contributed by atoms with E-state index in [4.69, 9.17) is 4.18 Å². The lowest BCUT2D eigenvalue weighted by Gasteiger charge is -2.04. The summed E-state index contributed by atoms with van der Waals surface area (Å²) in [6.45, 7) is 5.36. The van der Waals surface area contributed by atoms with E-state index in [0.717, 1.165) is 11.8 Å². The molecule has 17 heavy (non-hydrogen) atoms. The third kappa shape index (κ3) is 9.70. The van der Waals surface area contributed by atoms with Gasteiger partial charge in [-0.2, -0.15) is 20.2 Å². The molecule has 0 aromatic rings. The normalized spacial score (nSPS) is 11.4. The molecule has 100 valence electrons. The zero-order valence-corrected chi connectivity index (χ0v) is 12.5. The maximum absolute atomic E-state index is 11.3. The molecular weight excluding hydrogens is 280 g/mol.